The molecular formula is C68H132O17P2. The first-order valence-corrected chi connectivity index (χ1v) is 38.7. The van der Waals surface area contributed by atoms with Gasteiger partial charge in [0.1, 0.15) is 19.3 Å². The zero-order valence-electron chi connectivity index (χ0n) is 56.2. The number of phosphoric ester groups is 2. The summed E-state index contributed by atoms with van der Waals surface area (Å²) in [5.74, 6) is -1.36. The molecule has 0 aromatic rings. The summed E-state index contributed by atoms with van der Waals surface area (Å²) >= 11 is 0. The number of hydrogen-bond acceptors (Lipinski definition) is 15. The van der Waals surface area contributed by atoms with Gasteiger partial charge in [-0.2, -0.15) is 0 Å². The zero-order chi connectivity index (χ0) is 64.2. The Kier molecular flexibility index (Phi) is 60.2. The van der Waals surface area contributed by atoms with Crippen LogP contribution in [0.15, 0.2) is 0 Å². The lowest BCUT2D eigenvalue weighted by Gasteiger charge is -2.21. The Morgan fingerprint density at radius 2 is 0.552 bits per heavy atom. The van der Waals surface area contributed by atoms with E-state index in [4.69, 9.17) is 37.0 Å². The van der Waals surface area contributed by atoms with Crippen molar-refractivity contribution in [3.63, 3.8) is 0 Å². The average molecular weight is 1280 g/mol. The van der Waals surface area contributed by atoms with Gasteiger partial charge in [-0.25, -0.2) is 9.13 Å². The van der Waals surface area contributed by atoms with E-state index in [0.717, 1.165) is 102 Å². The van der Waals surface area contributed by atoms with Gasteiger partial charge < -0.3 is 33.8 Å². The molecule has 0 aliphatic carbocycles. The Morgan fingerprint density at radius 1 is 0.322 bits per heavy atom. The first kappa shape index (κ1) is 85.1. The monoisotopic (exact) mass is 1280 g/mol. The van der Waals surface area contributed by atoms with Crippen LogP contribution in [-0.2, 0) is 65.4 Å². The van der Waals surface area contributed by atoms with Crippen molar-refractivity contribution in [1.29, 1.82) is 0 Å². The van der Waals surface area contributed by atoms with Crippen LogP contribution in [0, 0.1) is 5.92 Å². The maximum Gasteiger partial charge on any atom is 0.472 e. The third kappa shape index (κ3) is 61.3. The van der Waals surface area contributed by atoms with E-state index in [1.54, 1.807) is 0 Å². The van der Waals surface area contributed by atoms with E-state index in [-0.39, 0.29) is 25.7 Å². The summed E-state index contributed by atoms with van der Waals surface area (Å²) in [6, 6.07) is 0. The van der Waals surface area contributed by atoms with E-state index in [2.05, 4.69) is 34.6 Å². The van der Waals surface area contributed by atoms with Gasteiger partial charge in [-0.3, -0.25) is 37.3 Å². The number of esters is 4. The molecule has 17 nitrogen and oxygen atoms in total. The molecule has 516 valence electrons. The Hall–Kier alpha value is -1.94. The molecule has 0 aliphatic rings. The quantitative estimate of drug-likeness (QED) is 0.0222. The van der Waals surface area contributed by atoms with Crippen molar-refractivity contribution in [1.82, 2.24) is 0 Å². The van der Waals surface area contributed by atoms with E-state index in [1.165, 1.54) is 167 Å². The number of phosphoric acid groups is 2. The second-order valence-electron chi connectivity index (χ2n) is 24.8. The molecular weight excluding hydrogens is 1150 g/mol. The third-order valence-electron chi connectivity index (χ3n) is 16.1. The maximum atomic E-state index is 13.0. The van der Waals surface area contributed by atoms with Gasteiger partial charge in [0, 0.05) is 25.7 Å². The number of ether oxygens (including phenoxy) is 4. The number of carbonyl (C=O) groups excluding carboxylic acids is 4. The second kappa shape index (κ2) is 61.6. The molecule has 19 heteroatoms. The largest absolute Gasteiger partial charge is 0.472 e. The Balaban J connectivity index is 5.23. The van der Waals surface area contributed by atoms with Crippen LogP contribution in [0.5, 0.6) is 0 Å². The Morgan fingerprint density at radius 3 is 0.816 bits per heavy atom. The fourth-order valence-electron chi connectivity index (χ4n) is 10.3. The normalized spacial score (nSPS) is 14.4. The van der Waals surface area contributed by atoms with Crippen molar-refractivity contribution in [2.45, 2.75) is 368 Å². The molecule has 0 bridgehead atoms. The van der Waals surface area contributed by atoms with Gasteiger partial charge in [0.15, 0.2) is 12.2 Å². The SMILES string of the molecule is CCCCCCCCCCCCCCCCC(=O)O[C@H](COC(=O)CCCCCCCCCCCCCCC)COP(=O)(O)OC[C@@H](O)COP(=O)(O)OC[C@@H](COC(=O)CCCCCCCCCC)OC(=O)CCCCCCCCCCC(C)CC. The zero-order valence-corrected chi connectivity index (χ0v) is 57.9. The molecule has 6 atom stereocenters. The van der Waals surface area contributed by atoms with Gasteiger partial charge >= 0.3 is 39.5 Å². The molecule has 0 saturated carbocycles. The van der Waals surface area contributed by atoms with Crippen LogP contribution in [-0.4, -0.2) is 96.7 Å². The first-order chi connectivity index (χ1) is 42.1. The van der Waals surface area contributed by atoms with E-state index in [1.807, 2.05) is 0 Å². The van der Waals surface area contributed by atoms with Crippen LogP contribution in [0.4, 0.5) is 0 Å². The highest BCUT2D eigenvalue weighted by molar-refractivity contribution is 7.47. The minimum atomic E-state index is -4.95. The van der Waals surface area contributed by atoms with Crippen LogP contribution in [0.2, 0.25) is 0 Å². The summed E-state index contributed by atoms with van der Waals surface area (Å²) < 4.78 is 68.2. The minimum Gasteiger partial charge on any atom is -0.462 e. The molecule has 87 heavy (non-hydrogen) atoms. The van der Waals surface area contributed by atoms with Gasteiger partial charge in [-0.1, -0.05) is 298 Å². The van der Waals surface area contributed by atoms with Crippen molar-refractivity contribution in [2.24, 2.45) is 5.92 Å². The fraction of sp³-hybridized carbons (Fsp3) is 0.941. The lowest BCUT2D eigenvalue weighted by molar-refractivity contribution is -0.161. The Labute approximate surface area is 530 Å². The number of unbranched alkanes of at least 4 members (excludes halogenated alkanes) is 39. The van der Waals surface area contributed by atoms with Gasteiger partial charge in [0.05, 0.1) is 26.4 Å². The Bertz CT molecular complexity index is 1690. The van der Waals surface area contributed by atoms with Crippen molar-refractivity contribution < 1.29 is 80.2 Å². The molecule has 0 aromatic heterocycles. The highest BCUT2D eigenvalue weighted by Gasteiger charge is 2.30. The number of aliphatic hydroxyl groups excluding tert-OH is 1. The van der Waals surface area contributed by atoms with Crippen LogP contribution >= 0.6 is 15.6 Å². The molecule has 0 spiro atoms. The summed E-state index contributed by atoms with van der Waals surface area (Å²) in [6.07, 6.45) is 47.1. The minimum absolute atomic E-state index is 0.105. The number of aliphatic hydroxyl groups is 1. The summed E-state index contributed by atoms with van der Waals surface area (Å²) in [4.78, 5) is 72.4. The van der Waals surface area contributed by atoms with E-state index in [0.29, 0.717) is 25.7 Å². The van der Waals surface area contributed by atoms with Crippen LogP contribution in [0.1, 0.15) is 349 Å². The fourth-order valence-corrected chi connectivity index (χ4v) is 11.8. The molecule has 0 fully saturated rings. The van der Waals surface area contributed by atoms with Gasteiger partial charge in [-0.05, 0) is 31.6 Å². The van der Waals surface area contributed by atoms with Crippen LogP contribution in [0.25, 0.3) is 0 Å². The molecule has 0 heterocycles. The summed E-state index contributed by atoms with van der Waals surface area (Å²) in [5.41, 5.74) is 0. The average Bonchev–Trinajstić information content (AvgIpc) is 3.71. The highest BCUT2D eigenvalue weighted by atomic mass is 31.2. The molecule has 0 amide bonds. The number of carbonyl (C=O) groups is 4. The smallest absolute Gasteiger partial charge is 0.462 e. The summed E-state index contributed by atoms with van der Waals surface area (Å²) in [7, 11) is -9.89. The predicted molar refractivity (Wildman–Crippen MR) is 349 cm³/mol. The number of hydrogen-bond donors (Lipinski definition) is 3. The summed E-state index contributed by atoms with van der Waals surface area (Å²) in [6.45, 7) is 7.21. The molecule has 3 N–H and O–H groups in total. The van der Waals surface area contributed by atoms with Crippen molar-refractivity contribution >= 4 is 39.5 Å². The lowest BCUT2D eigenvalue weighted by atomic mass is 9.99. The molecule has 0 rings (SSSR count). The van der Waals surface area contributed by atoms with Crippen LogP contribution in [0.3, 0.4) is 0 Å². The van der Waals surface area contributed by atoms with E-state index >= 15 is 0 Å². The maximum absolute atomic E-state index is 13.0. The summed E-state index contributed by atoms with van der Waals surface area (Å²) in [5, 5.41) is 10.6. The molecule has 3 unspecified atom stereocenters. The van der Waals surface area contributed by atoms with Crippen molar-refractivity contribution in [2.75, 3.05) is 39.6 Å². The first-order valence-electron chi connectivity index (χ1n) is 35.7. The predicted octanol–water partition coefficient (Wildman–Crippen LogP) is 19.4. The molecule has 0 aromatic carbocycles. The van der Waals surface area contributed by atoms with E-state index < -0.39 is 97.5 Å². The molecule has 0 aliphatic heterocycles. The molecule has 0 saturated heterocycles. The number of rotatable bonds is 68. The van der Waals surface area contributed by atoms with Crippen molar-refractivity contribution in [3.8, 4) is 0 Å². The van der Waals surface area contributed by atoms with Gasteiger partial charge in [0.25, 0.3) is 0 Å². The molecule has 0 radical (unpaired) electrons. The van der Waals surface area contributed by atoms with Crippen molar-refractivity contribution in [3.05, 3.63) is 0 Å². The topological polar surface area (TPSA) is 237 Å². The lowest BCUT2D eigenvalue weighted by Crippen LogP contribution is -2.30. The third-order valence-corrected chi connectivity index (χ3v) is 18.0. The van der Waals surface area contributed by atoms with E-state index in [9.17, 15) is 43.2 Å². The van der Waals surface area contributed by atoms with Crippen LogP contribution < -0.4 is 0 Å². The second-order valence-corrected chi connectivity index (χ2v) is 27.7. The van der Waals surface area contributed by atoms with Gasteiger partial charge in [-0.15, -0.1) is 0 Å². The standard InChI is InChI=1S/C68H132O17P2/c1-6-10-13-16-19-22-24-26-28-30-32-38-43-48-53-67(72)84-64(58-79-66(71)52-47-42-37-31-29-27-25-23-20-17-14-11-7-2)60-83-87(76,77)81-56-62(69)55-80-86(74,75)82-59-63(57-78-65(70)51-46-41-36-21-18-15-12-8-3)85-68(73)54-49-44-39-34-33-35-40-45-50-61(5)9-4/h61-64,69H,6-60H2,1-5H3,(H,74,75)(H,76,77)/t61?,62-,63+,64+/m0/s1. The van der Waals surface area contributed by atoms with Gasteiger partial charge in [0.2, 0.25) is 0 Å². The highest BCUT2D eigenvalue weighted by Crippen LogP contribution is 2.45.